The fourth-order valence-electron chi connectivity index (χ4n) is 1.21. The molecule has 60 valence electrons. The number of rotatable bonds is 1. The summed E-state index contributed by atoms with van der Waals surface area (Å²) in [6.45, 7) is 1.67. The van der Waals surface area contributed by atoms with Crippen molar-refractivity contribution in [1.82, 2.24) is 14.9 Å². The number of nitrogens with one attached hydrogen (secondary N) is 1. The summed E-state index contributed by atoms with van der Waals surface area (Å²) >= 11 is 0. The number of imidazole rings is 1. The van der Waals surface area contributed by atoms with Crippen LogP contribution in [0.1, 0.15) is 0 Å². The molecule has 0 saturated heterocycles. The topological polar surface area (TPSA) is 39.1 Å². The molecule has 1 atom stereocenters. The van der Waals surface area contributed by atoms with Gasteiger partial charge in [-0.25, -0.2) is 4.98 Å². The number of fused-ring (bicyclic) bond motifs is 1. The van der Waals surface area contributed by atoms with Crippen LogP contribution in [0, 0.1) is 0 Å². The van der Waals surface area contributed by atoms with Gasteiger partial charge in [0.05, 0.1) is 6.04 Å². The van der Waals surface area contributed by atoms with Crippen molar-refractivity contribution in [2.24, 2.45) is 0 Å². The number of aromatic nitrogens is 2. The van der Waals surface area contributed by atoms with Crippen LogP contribution in [0.4, 0.5) is 0 Å². The van der Waals surface area contributed by atoms with Crippen molar-refractivity contribution in [2.45, 2.75) is 12.6 Å². The van der Waals surface area contributed by atoms with Crippen LogP contribution < -0.4 is 10.1 Å². The summed E-state index contributed by atoms with van der Waals surface area (Å²) in [5.41, 5.74) is 0. The Balaban J connectivity index is 2.18. The quantitative estimate of drug-likeness (QED) is 0.610. The summed E-state index contributed by atoms with van der Waals surface area (Å²) in [5.74, 6) is 0. The average Bonchev–Trinajstić information content (AvgIpc) is 2.50. The first kappa shape index (κ1) is 6.67. The molecule has 1 unspecified atom stereocenters. The van der Waals surface area contributed by atoms with Crippen molar-refractivity contribution in [1.29, 1.82) is 0 Å². The first-order valence-corrected chi connectivity index (χ1v) is 3.71. The first-order chi connectivity index (χ1) is 5.40. The predicted molar refractivity (Wildman–Crippen MR) is 40.6 cm³/mol. The molecular weight excluding hydrogens is 142 g/mol. The molecule has 11 heavy (non-hydrogen) atoms. The Bertz CT molecular complexity index is 246. The fraction of sp³-hybridized carbons (Fsp3) is 0.571. The van der Waals surface area contributed by atoms with Crippen molar-refractivity contribution in [3.63, 3.8) is 0 Å². The SMILES string of the molecule is CNC1COc2nccn2C1. The maximum absolute atomic E-state index is 5.36. The maximum Gasteiger partial charge on any atom is 0.296 e. The molecule has 0 aromatic carbocycles. The first-order valence-electron chi connectivity index (χ1n) is 3.71. The van der Waals surface area contributed by atoms with Gasteiger partial charge in [-0.2, -0.15) is 0 Å². The number of ether oxygens (including phenoxy) is 1. The van der Waals surface area contributed by atoms with Gasteiger partial charge in [-0.1, -0.05) is 0 Å². The van der Waals surface area contributed by atoms with Crippen LogP contribution in [0.15, 0.2) is 12.4 Å². The average molecular weight is 153 g/mol. The van der Waals surface area contributed by atoms with E-state index in [1.165, 1.54) is 0 Å². The van der Waals surface area contributed by atoms with Gasteiger partial charge in [-0.05, 0) is 7.05 Å². The van der Waals surface area contributed by atoms with Crippen molar-refractivity contribution in [2.75, 3.05) is 13.7 Å². The third kappa shape index (κ3) is 1.09. The van der Waals surface area contributed by atoms with Gasteiger partial charge < -0.3 is 10.1 Å². The zero-order valence-corrected chi connectivity index (χ0v) is 6.45. The molecule has 2 rings (SSSR count). The number of hydrogen-bond donors (Lipinski definition) is 1. The smallest absolute Gasteiger partial charge is 0.296 e. The highest BCUT2D eigenvalue weighted by molar-refractivity contribution is 5.01. The number of likely N-dealkylation sites (N-methyl/N-ethyl adjacent to an activating group) is 1. The number of nitrogens with zero attached hydrogens (tertiary/aromatic N) is 2. The van der Waals surface area contributed by atoms with E-state index >= 15 is 0 Å². The minimum absolute atomic E-state index is 0.414. The largest absolute Gasteiger partial charge is 0.463 e. The van der Waals surface area contributed by atoms with Crippen LogP contribution in [0.3, 0.4) is 0 Å². The molecule has 0 spiro atoms. The normalized spacial score (nSPS) is 22.5. The lowest BCUT2D eigenvalue weighted by atomic mass is 10.3. The molecule has 0 amide bonds. The van der Waals surface area contributed by atoms with E-state index < -0.39 is 0 Å². The standard InChI is InChI=1S/C7H11N3O/c1-8-6-4-10-3-2-9-7(10)11-5-6/h2-3,6,8H,4-5H2,1H3. The van der Waals surface area contributed by atoms with Gasteiger partial charge >= 0.3 is 0 Å². The van der Waals surface area contributed by atoms with Crippen molar-refractivity contribution < 1.29 is 4.74 Å². The molecule has 0 aliphatic carbocycles. The Morgan fingerprint density at radius 1 is 1.82 bits per heavy atom. The van der Waals surface area contributed by atoms with E-state index in [0.29, 0.717) is 12.6 Å². The van der Waals surface area contributed by atoms with Crippen LogP contribution in [0.2, 0.25) is 0 Å². The lowest BCUT2D eigenvalue weighted by molar-refractivity contribution is 0.190. The highest BCUT2D eigenvalue weighted by Gasteiger charge is 2.17. The Morgan fingerprint density at radius 3 is 3.55 bits per heavy atom. The molecule has 1 aromatic rings. The second kappa shape index (κ2) is 2.54. The highest BCUT2D eigenvalue weighted by atomic mass is 16.5. The second-order valence-electron chi connectivity index (χ2n) is 2.66. The fourth-order valence-corrected chi connectivity index (χ4v) is 1.21. The van der Waals surface area contributed by atoms with E-state index in [9.17, 15) is 0 Å². The maximum atomic E-state index is 5.36. The summed E-state index contributed by atoms with van der Waals surface area (Å²) in [6.07, 6.45) is 3.69. The molecule has 1 N–H and O–H groups in total. The zero-order valence-electron chi connectivity index (χ0n) is 6.45. The van der Waals surface area contributed by atoms with E-state index in [0.717, 1.165) is 12.6 Å². The molecule has 0 fully saturated rings. The van der Waals surface area contributed by atoms with Crippen molar-refractivity contribution >= 4 is 0 Å². The van der Waals surface area contributed by atoms with Crippen molar-refractivity contribution in [3.05, 3.63) is 12.4 Å². The minimum Gasteiger partial charge on any atom is -0.463 e. The Kier molecular flexibility index (Phi) is 1.54. The van der Waals surface area contributed by atoms with Gasteiger partial charge in [0.2, 0.25) is 0 Å². The number of hydrogen-bond acceptors (Lipinski definition) is 3. The minimum atomic E-state index is 0.414. The molecule has 0 bridgehead atoms. The van der Waals surface area contributed by atoms with Crippen LogP contribution in [0.5, 0.6) is 6.01 Å². The predicted octanol–water partition coefficient (Wildman–Crippen LogP) is -0.137. The van der Waals surface area contributed by atoms with Crippen LogP contribution in [0.25, 0.3) is 0 Å². The van der Waals surface area contributed by atoms with Gasteiger partial charge in [0.25, 0.3) is 6.01 Å². The summed E-state index contributed by atoms with van der Waals surface area (Å²) < 4.78 is 7.36. The van der Waals surface area contributed by atoms with E-state index in [1.807, 2.05) is 17.8 Å². The highest BCUT2D eigenvalue weighted by Crippen LogP contribution is 2.13. The van der Waals surface area contributed by atoms with Crippen molar-refractivity contribution in [3.8, 4) is 6.01 Å². The van der Waals surface area contributed by atoms with E-state index in [2.05, 4.69) is 10.3 Å². The van der Waals surface area contributed by atoms with Gasteiger partial charge in [-0.15, -0.1) is 0 Å². The molecule has 0 radical (unpaired) electrons. The van der Waals surface area contributed by atoms with E-state index in [-0.39, 0.29) is 0 Å². The van der Waals surface area contributed by atoms with Gasteiger partial charge in [0, 0.05) is 18.9 Å². The van der Waals surface area contributed by atoms with Gasteiger partial charge in [0.1, 0.15) is 6.61 Å². The Labute approximate surface area is 65.2 Å². The van der Waals surface area contributed by atoms with E-state index in [4.69, 9.17) is 4.74 Å². The third-order valence-electron chi connectivity index (χ3n) is 1.92. The Morgan fingerprint density at radius 2 is 2.73 bits per heavy atom. The Hall–Kier alpha value is -1.03. The van der Waals surface area contributed by atoms with Crippen LogP contribution in [-0.4, -0.2) is 29.2 Å². The lowest BCUT2D eigenvalue weighted by Crippen LogP contribution is -2.39. The molecule has 1 aliphatic rings. The molecule has 2 heterocycles. The summed E-state index contributed by atoms with van der Waals surface area (Å²) in [5, 5.41) is 3.16. The molecule has 4 nitrogen and oxygen atoms in total. The summed E-state index contributed by atoms with van der Waals surface area (Å²) in [7, 11) is 1.94. The summed E-state index contributed by atoms with van der Waals surface area (Å²) in [6, 6.07) is 1.15. The zero-order chi connectivity index (χ0) is 7.68. The molecule has 1 aromatic heterocycles. The molecule has 4 heteroatoms. The van der Waals surface area contributed by atoms with Crippen LogP contribution in [-0.2, 0) is 6.54 Å². The summed E-state index contributed by atoms with van der Waals surface area (Å²) in [4.78, 5) is 4.04. The van der Waals surface area contributed by atoms with E-state index in [1.54, 1.807) is 6.20 Å². The third-order valence-corrected chi connectivity index (χ3v) is 1.92. The van der Waals surface area contributed by atoms with Crippen LogP contribution >= 0.6 is 0 Å². The molecule has 0 saturated carbocycles. The second-order valence-corrected chi connectivity index (χ2v) is 2.66. The molecule has 1 aliphatic heterocycles. The molecular formula is C7H11N3O. The van der Waals surface area contributed by atoms with Gasteiger partial charge in [0.15, 0.2) is 0 Å². The monoisotopic (exact) mass is 153 g/mol. The lowest BCUT2D eigenvalue weighted by Gasteiger charge is -2.23. The van der Waals surface area contributed by atoms with Gasteiger partial charge in [-0.3, -0.25) is 4.57 Å².